The van der Waals surface area contributed by atoms with Gasteiger partial charge in [0.15, 0.2) is 12.4 Å². The maximum absolute atomic E-state index is 13.0. The van der Waals surface area contributed by atoms with Crippen LogP contribution in [0.3, 0.4) is 0 Å². The smallest absolute Gasteiger partial charge is 0.418 e. The van der Waals surface area contributed by atoms with E-state index in [9.17, 15) is 32.9 Å². The summed E-state index contributed by atoms with van der Waals surface area (Å²) in [5.74, 6) is -1.64. The predicted octanol–water partition coefficient (Wildman–Crippen LogP) is 3.40. The van der Waals surface area contributed by atoms with Crippen molar-refractivity contribution in [3.05, 3.63) is 63.7 Å². The zero-order valence-corrected chi connectivity index (χ0v) is 16.0. The number of carbonyl (C=O) groups excluding carboxylic acids is 2. The third-order valence-corrected chi connectivity index (χ3v) is 3.98. The molecule has 0 aliphatic rings. The fourth-order valence-corrected chi connectivity index (χ4v) is 2.47. The highest BCUT2D eigenvalue weighted by Crippen LogP contribution is 2.34. The number of nitro benzene ring substituents is 1. The monoisotopic (exact) mass is 425 g/mol. The summed E-state index contributed by atoms with van der Waals surface area (Å²) in [5.41, 5.74) is -1.08. The number of rotatable bonds is 7. The van der Waals surface area contributed by atoms with Crippen LogP contribution in [0.15, 0.2) is 42.5 Å². The number of aryl methyl sites for hydroxylation is 1. The summed E-state index contributed by atoms with van der Waals surface area (Å²) in [7, 11) is 1.26. The number of amides is 2. The quantitative estimate of drug-likeness (QED) is 0.541. The van der Waals surface area contributed by atoms with E-state index in [2.05, 4.69) is 5.32 Å². The van der Waals surface area contributed by atoms with E-state index < -0.39 is 47.3 Å². The van der Waals surface area contributed by atoms with E-state index in [1.807, 2.05) is 0 Å². The van der Waals surface area contributed by atoms with Gasteiger partial charge in [0.1, 0.15) is 0 Å². The molecule has 11 heteroatoms. The Morgan fingerprint density at radius 3 is 2.50 bits per heavy atom. The Bertz CT molecular complexity index is 963. The normalized spacial score (nSPS) is 11.0. The number of ether oxygens (including phenoxy) is 1. The first-order valence-electron chi connectivity index (χ1n) is 8.57. The molecule has 2 aromatic carbocycles. The average Bonchev–Trinajstić information content (AvgIpc) is 2.65. The number of nitrogens with one attached hydrogen (secondary N) is 1. The highest BCUT2D eigenvalue weighted by Gasteiger charge is 2.33. The van der Waals surface area contributed by atoms with Crippen LogP contribution >= 0.6 is 0 Å². The summed E-state index contributed by atoms with van der Waals surface area (Å²) in [4.78, 5) is 35.5. The number of benzene rings is 2. The van der Waals surface area contributed by atoms with Crippen LogP contribution in [0.4, 0.5) is 24.5 Å². The molecule has 160 valence electrons. The molecule has 1 N–H and O–H groups in total. The Morgan fingerprint density at radius 1 is 1.20 bits per heavy atom. The van der Waals surface area contributed by atoms with Gasteiger partial charge in [-0.1, -0.05) is 18.2 Å². The zero-order valence-electron chi connectivity index (χ0n) is 16.0. The lowest BCUT2D eigenvalue weighted by molar-refractivity contribution is -0.385. The van der Waals surface area contributed by atoms with E-state index in [-0.39, 0.29) is 11.4 Å². The van der Waals surface area contributed by atoms with Crippen molar-refractivity contribution >= 4 is 23.2 Å². The van der Waals surface area contributed by atoms with Gasteiger partial charge in [0.2, 0.25) is 5.91 Å². The van der Waals surface area contributed by atoms with Gasteiger partial charge in [0.25, 0.3) is 5.91 Å². The molecule has 8 nitrogen and oxygen atoms in total. The van der Waals surface area contributed by atoms with Gasteiger partial charge in [-0.25, -0.2) is 0 Å². The largest absolute Gasteiger partial charge is 0.477 e. The SMILES string of the molecule is Cc1ccc([N+](=O)[O-])c(OCC(=O)N(C)CC(=O)Nc2ccccc2C(F)(F)F)c1. The molecule has 0 unspecified atom stereocenters. The molecular weight excluding hydrogens is 407 g/mol. The standard InChI is InChI=1S/C19H18F3N3O5/c1-12-7-8-15(25(28)29)16(9-12)30-11-18(27)24(2)10-17(26)23-14-6-4-3-5-13(14)19(20,21)22/h3-9H,10-11H2,1-2H3,(H,23,26). The van der Waals surface area contributed by atoms with Crippen LogP contribution < -0.4 is 10.1 Å². The van der Waals surface area contributed by atoms with Gasteiger partial charge in [-0.05, 0) is 30.7 Å². The van der Waals surface area contributed by atoms with E-state index in [1.54, 1.807) is 6.92 Å². The fraction of sp³-hybridized carbons (Fsp3) is 0.263. The van der Waals surface area contributed by atoms with Crippen molar-refractivity contribution in [2.45, 2.75) is 13.1 Å². The molecular formula is C19H18F3N3O5. The molecule has 0 fully saturated rings. The highest BCUT2D eigenvalue weighted by molar-refractivity contribution is 5.95. The van der Waals surface area contributed by atoms with Gasteiger partial charge in [-0.15, -0.1) is 0 Å². The molecule has 0 atom stereocenters. The van der Waals surface area contributed by atoms with Crippen molar-refractivity contribution in [2.75, 3.05) is 25.5 Å². The molecule has 0 heterocycles. The third-order valence-electron chi connectivity index (χ3n) is 3.98. The molecule has 30 heavy (non-hydrogen) atoms. The minimum Gasteiger partial charge on any atom is -0.477 e. The summed E-state index contributed by atoms with van der Waals surface area (Å²) < 4.78 is 44.2. The molecule has 2 aromatic rings. The number of carbonyl (C=O) groups is 2. The number of anilines is 1. The van der Waals surface area contributed by atoms with E-state index in [0.29, 0.717) is 5.56 Å². The summed E-state index contributed by atoms with van der Waals surface area (Å²) in [6.07, 6.45) is -4.65. The van der Waals surface area contributed by atoms with Crippen molar-refractivity contribution in [2.24, 2.45) is 0 Å². The number of likely N-dealkylation sites (N-methyl/N-ethyl adjacent to an activating group) is 1. The van der Waals surface area contributed by atoms with Crippen LogP contribution in [0.25, 0.3) is 0 Å². The lowest BCUT2D eigenvalue weighted by Gasteiger charge is -2.18. The van der Waals surface area contributed by atoms with E-state index in [1.165, 1.54) is 37.4 Å². The minimum atomic E-state index is -4.65. The number of nitrogens with zero attached hydrogens (tertiary/aromatic N) is 2. The first kappa shape index (κ1) is 22.7. The maximum Gasteiger partial charge on any atom is 0.418 e. The van der Waals surface area contributed by atoms with Crippen molar-refractivity contribution < 1.29 is 32.4 Å². The van der Waals surface area contributed by atoms with E-state index >= 15 is 0 Å². The van der Waals surface area contributed by atoms with Crippen molar-refractivity contribution in [3.63, 3.8) is 0 Å². The van der Waals surface area contributed by atoms with Crippen LogP contribution in [-0.2, 0) is 15.8 Å². The lowest BCUT2D eigenvalue weighted by Crippen LogP contribution is -2.37. The van der Waals surface area contributed by atoms with Gasteiger partial charge in [0.05, 0.1) is 22.7 Å². The van der Waals surface area contributed by atoms with Crippen LogP contribution in [0.2, 0.25) is 0 Å². The molecule has 2 rings (SSSR count). The zero-order chi connectivity index (χ0) is 22.5. The number of hydrogen-bond acceptors (Lipinski definition) is 5. The number of para-hydroxylation sites is 1. The van der Waals surface area contributed by atoms with Gasteiger partial charge < -0.3 is 15.0 Å². The lowest BCUT2D eigenvalue weighted by atomic mass is 10.1. The summed E-state index contributed by atoms with van der Waals surface area (Å²) in [6, 6.07) is 8.60. The van der Waals surface area contributed by atoms with Crippen molar-refractivity contribution in [3.8, 4) is 5.75 Å². The number of nitro groups is 1. The van der Waals surface area contributed by atoms with Crippen molar-refractivity contribution in [1.29, 1.82) is 0 Å². The number of hydrogen-bond donors (Lipinski definition) is 1. The fourth-order valence-electron chi connectivity index (χ4n) is 2.47. The average molecular weight is 425 g/mol. The molecule has 0 aliphatic heterocycles. The second kappa shape index (κ2) is 9.25. The van der Waals surface area contributed by atoms with Crippen LogP contribution in [0.1, 0.15) is 11.1 Å². The first-order chi connectivity index (χ1) is 14.0. The Hall–Kier alpha value is -3.63. The summed E-state index contributed by atoms with van der Waals surface area (Å²) >= 11 is 0. The molecule has 0 saturated carbocycles. The Morgan fingerprint density at radius 2 is 1.87 bits per heavy atom. The molecule has 0 spiro atoms. The highest BCUT2D eigenvalue weighted by atomic mass is 19.4. The van der Waals surface area contributed by atoms with Crippen LogP contribution in [-0.4, -0.2) is 41.8 Å². The Balaban J connectivity index is 1.98. The number of alkyl halides is 3. The first-order valence-corrected chi connectivity index (χ1v) is 8.57. The van der Waals surface area contributed by atoms with Crippen LogP contribution in [0.5, 0.6) is 5.75 Å². The third kappa shape index (κ3) is 5.93. The topological polar surface area (TPSA) is 102 Å². The Labute approximate surface area is 169 Å². The number of halogens is 3. The Kier molecular flexibility index (Phi) is 6.98. The molecule has 0 saturated heterocycles. The molecule has 0 aromatic heterocycles. The van der Waals surface area contributed by atoms with Gasteiger partial charge in [0, 0.05) is 13.1 Å². The summed E-state index contributed by atoms with van der Waals surface area (Å²) in [6.45, 7) is 0.561. The van der Waals surface area contributed by atoms with Crippen LogP contribution in [0, 0.1) is 17.0 Å². The minimum absolute atomic E-state index is 0.106. The molecule has 0 aliphatic carbocycles. The second-order valence-corrected chi connectivity index (χ2v) is 6.36. The predicted molar refractivity (Wildman–Crippen MR) is 101 cm³/mol. The molecule has 2 amide bonds. The molecule has 0 bridgehead atoms. The van der Waals surface area contributed by atoms with Gasteiger partial charge in [-0.2, -0.15) is 13.2 Å². The summed E-state index contributed by atoms with van der Waals surface area (Å²) in [5, 5.41) is 13.2. The van der Waals surface area contributed by atoms with Gasteiger partial charge >= 0.3 is 11.9 Å². The maximum atomic E-state index is 13.0. The van der Waals surface area contributed by atoms with E-state index in [4.69, 9.17) is 4.74 Å². The van der Waals surface area contributed by atoms with E-state index in [0.717, 1.165) is 17.0 Å². The van der Waals surface area contributed by atoms with Gasteiger partial charge in [-0.3, -0.25) is 19.7 Å². The second-order valence-electron chi connectivity index (χ2n) is 6.36. The van der Waals surface area contributed by atoms with Crippen molar-refractivity contribution in [1.82, 2.24) is 4.90 Å². The molecule has 0 radical (unpaired) electrons.